The molecule has 0 amide bonds. The van der Waals surface area contributed by atoms with Crippen LogP contribution in [0.15, 0.2) is 12.1 Å². The summed E-state index contributed by atoms with van der Waals surface area (Å²) in [6.45, 7) is 1.97. The number of ether oxygens (including phenoxy) is 3. The highest BCUT2D eigenvalue weighted by atomic mass is 16.5. The maximum absolute atomic E-state index is 10.6. The van der Waals surface area contributed by atoms with Gasteiger partial charge in [0.05, 0.1) is 21.3 Å². The first-order valence-corrected chi connectivity index (χ1v) is 5.42. The third-order valence-electron chi connectivity index (χ3n) is 2.72. The Labute approximate surface area is 101 Å². The monoisotopic (exact) mass is 238 g/mol. The highest BCUT2D eigenvalue weighted by Crippen LogP contribution is 2.42. The Hall–Kier alpha value is -1.71. The minimum Gasteiger partial charge on any atom is -0.493 e. The Bertz CT molecular complexity index is 387. The fourth-order valence-corrected chi connectivity index (χ4v) is 1.78. The van der Waals surface area contributed by atoms with Crippen molar-refractivity contribution in [2.75, 3.05) is 21.3 Å². The van der Waals surface area contributed by atoms with Gasteiger partial charge in [0, 0.05) is 12.0 Å². The van der Waals surface area contributed by atoms with Crippen LogP contribution in [0.3, 0.4) is 0 Å². The number of rotatable bonds is 6. The van der Waals surface area contributed by atoms with E-state index in [0.29, 0.717) is 23.7 Å². The summed E-state index contributed by atoms with van der Waals surface area (Å²) in [6, 6.07) is 3.71. The molecule has 4 heteroatoms. The zero-order valence-corrected chi connectivity index (χ0v) is 10.6. The van der Waals surface area contributed by atoms with Gasteiger partial charge in [-0.25, -0.2) is 0 Å². The summed E-state index contributed by atoms with van der Waals surface area (Å²) in [5.41, 5.74) is 0.942. The van der Waals surface area contributed by atoms with Crippen LogP contribution in [-0.4, -0.2) is 27.6 Å². The summed E-state index contributed by atoms with van der Waals surface area (Å²) in [5, 5.41) is 0. The lowest BCUT2D eigenvalue weighted by Gasteiger charge is -2.18. The van der Waals surface area contributed by atoms with Crippen LogP contribution in [0.2, 0.25) is 0 Å². The number of carbonyl (C=O) groups is 1. The molecule has 94 valence electrons. The summed E-state index contributed by atoms with van der Waals surface area (Å²) in [4.78, 5) is 10.6. The maximum Gasteiger partial charge on any atom is 0.203 e. The van der Waals surface area contributed by atoms with Crippen LogP contribution in [-0.2, 0) is 4.79 Å². The van der Waals surface area contributed by atoms with Crippen LogP contribution < -0.4 is 14.2 Å². The quantitative estimate of drug-likeness (QED) is 0.714. The first kappa shape index (κ1) is 13.4. The first-order valence-electron chi connectivity index (χ1n) is 5.42. The Morgan fingerprint density at radius 3 is 2.24 bits per heavy atom. The summed E-state index contributed by atoms with van der Waals surface area (Å²) in [5.74, 6) is 1.89. The molecule has 0 saturated heterocycles. The van der Waals surface area contributed by atoms with Gasteiger partial charge in [-0.15, -0.1) is 0 Å². The van der Waals surface area contributed by atoms with Crippen LogP contribution in [0.4, 0.5) is 0 Å². The van der Waals surface area contributed by atoms with Crippen LogP contribution >= 0.6 is 0 Å². The van der Waals surface area contributed by atoms with Gasteiger partial charge in [-0.05, 0) is 12.0 Å². The van der Waals surface area contributed by atoms with Gasteiger partial charge in [-0.3, -0.25) is 0 Å². The van der Waals surface area contributed by atoms with Crippen molar-refractivity contribution in [3.63, 3.8) is 0 Å². The molecule has 0 aliphatic heterocycles. The number of aldehydes is 1. The van der Waals surface area contributed by atoms with Crippen LogP contribution in [0.1, 0.15) is 24.8 Å². The van der Waals surface area contributed by atoms with Crippen molar-refractivity contribution in [1.82, 2.24) is 0 Å². The van der Waals surface area contributed by atoms with E-state index in [-0.39, 0.29) is 5.92 Å². The van der Waals surface area contributed by atoms with Gasteiger partial charge in [-0.2, -0.15) is 0 Å². The molecule has 0 radical (unpaired) electrons. The van der Waals surface area contributed by atoms with Gasteiger partial charge in [0.2, 0.25) is 5.75 Å². The van der Waals surface area contributed by atoms with Crippen LogP contribution in [0, 0.1) is 0 Å². The summed E-state index contributed by atoms with van der Waals surface area (Å²) >= 11 is 0. The van der Waals surface area contributed by atoms with E-state index in [9.17, 15) is 4.79 Å². The van der Waals surface area contributed by atoms with Crippen LogP contribution in [0.5, 0.6) is 17.2 Å². The molecule has 0 aromatic heterocycles. The molecular weight excluding hydrogens is 220 g/mol. The van der Waals surface area contributed by atoms with Crippen molar-refractivity contribution in [2.24, 2.45) is 0 Å². The van der Waals surface area contributed by atoms with Gasteiger partial charge in [0.1, 0.15) is 6.29 Å². The molecule has 0 fully saturated rings. The largest absolute Gasteiger partial charge is 0.493 e. The Morgan fingerprint density at radius 2 is 1.76 bits per heavy atom. The molecule has 0 bridgehead atoms. The normalized spacial score (nSPS) is 11.8. The maximum atomic E-state index is 10.6. The third kappa shape index (κ3) is 2.70. The topological polar surface area (TPSA) is 44.8 Å². The number of carbonyl (C=O) groups excluding carboxylic acids is 1. The van der Waals surface area contributed by atoms with E-state index in [0.717, 1.165) is 11.8 Å². The average molecular weight is 238 g/mol. The lowest BCUT2D eigenvalue weighted by molar-refractivity contribution is -0.108. The summed E-state index contributed by atoms with van der Waals surface area (Å²) < 4.78 is 15.8. The molecule has 1 atom stereocenters. The molecule has 0 saturated carbocycles. The molecule has 0 heterocycles. The second kappa shape index (κ2) is 6.13. The molecule has 1 aromatic rings. The molecule has 1 aromatic carbocycles. The van der Waals surface area contributed by atoms with E-state index in [1.54, 1.807) is 21.3 Å². The molecule has 0 aliphatic carbocycles. The predicted octanol–water partition coefficient (Wildman–Crippen LogP) is 2.40. The van der Waals surface area contributed by atoms with Crippen molar-refractivity contribution in [3.05, 3.63) is 17.7 Å². The first-order chi connectivity index (χ1) is 8.19. The van der Waals surface area contributed by atoms with Crippen LogP contribution in [0.25, 0.3) is 0 Å². The number of methoxy groups -OCH3 is 3. The van der Waals surface area contributed by atoms with Crippen molar-refractivity contribution < 1.29 is 19.0 Å². The molecule has 0 spiro atoms. The number of benzene rings is 1. The second-order valence-corrected chi connectivity index (χ2v) is 3.73. The number of hydrogen-bond acceptors (Lipinski definition) is 4. The standard InChI is InChI=1S/C13H18O4/c1-9(7-8-14)10-5-6-11(15-2)13(17-4)12(10)16-3/h5-6,8-9H,7H2,1-4H3. The SMILES string of the molecule is COc1ccc(C(C)CC=O)c(OC)c1OC. The molecular formula is C13H18O4. The summed E-state index contributed by atoms with van der Waals surface area (Å²) in [7, 11) is 4.72. The van der Waals surface area contributed by atoms with E-state index < -0.39 is 0 Å². The fraction of sp³-hybridized carbons (Fsp3) is 0.462. The van der Waals surface area contributed by atoms with Gasteiger partial charge >= 0.3 is 0 Å². The minimum absolute atomic E-state index is 0.0854. The Morgan fingerprint density at radius 1 is 1.12 bits per heavy atom. The van der Waals surface area contributed by atoms with Crippen molar-refractivity contribution in [1.29, 1.82) is 0 Å². The summed E-state index contributed by atoms with van der Waals surface area (Å²) in [6.07, 6.45) is 1.35. The van der Waals surface area contributed by atoms with Gasteiger partial charge < -0.3 is 19.0 Å². The highest BCUT2D eigenvalue weighted by molar-refractivity contribution is 5.59. The van der Waals surface area contributed by atoms with Crippen molar-refractivity contribution >= 4 is 6.29 Å². The fourth-order valence-electron chi connectivity index (χ4n) is 1.78. The van der Waals surface area contributed by atoms with Gasteiger partial charge in [0.25, 0.3) is 0 Å². The zero-order valence-electron chi connectivity index (χ0n) is 10.6. The second-order valence-electron chi connectivity index (χ2n) is 3.73. The predicted molar refractivity (Wildman–Crippen MR) is 65.2 cm³/mol. The van der Waals surface area contributed by atoms with Gasteiger partial charge in [-0.1, -0.05) is 13.0 Å². The number of hydrogen-bond donors (Lipinski definition) is 0. The van der Waals surface area contributed by atoms with Gasteiger partial charge in [0.15, 0.2) is 11.5 Å². The average Bonchev–Trinajstić information content (AvgIpc) is 2.36. The van der Waals surface area contributed by atoms with Crippen molar-refractivity contribution in [2.45, 2.75) is 19.3 Å². The van der Waals surface area contributed by atoms with E-state index >= 15 is 0 Å². The zero-order chi connectivity index (χ0) is 12.8. The van der Waals surface area contributed by atoms with Crippen molar-refractivity contribution in [3.8, 4) is 17.2 Å². The molecule has 1 unspecified atom stereocenters. The van der Waals surface area contributed by atoms with E-state index in [1.165, 1.54) is 0 Å². The highest BCUT2D eigenvalue weighted by Gasteiger charge is 2.19. The lowest BCUT2D eigenvalue weighted by atomic mass is 9.97. The molecule has 0 aliphatic rings. The Kier molecular flexibility index (Phi) is 4.82. The molecule has 4 nitrogen and oxygen atoms in total. The van der Waals surface area contributed by atoms with E-state index in [2.05, 4.69) is 0 Å². The van der Waals surface area contributed by atoms with E-state index in [1.807, 2.05) is 19.1 Å². The lowest BCUT2D eigenvalue weighted by Crippen LogP contribution is -2.02. The Balaban J connectivity index is 3.27. The smallest absolute Gasteiger partial charge is 0.203 e. The molecule has 17 heavy (non-hydrogen) atoms. The van der Waals surface area contributed by atoms with E-state index in [4.69, 9.17) is 14.2 Å². The third-order valence-corrected chi connectivity index (χ3v) is 2.72. The molecule has 1 rings (SSSR count). The molecule has 0 N–H and O–H groups in total. The minimum atomic E-state index is 0.0854.